The fraction of sp³-hybridized carbons (Fsp3) is 0.343. The zero-order valence-electron chi connectivity index (χ0n) is 24.4. The molecule has 5 rings (SSSR count). The molecule has 0 bridgehead atoms. The van der Waals surface area contributed by atoms with Gasteiger partial charge in [-0.2, -0.15) is 0 Å². The molecule has 1 N–H and O–H groups in total. The molecule has 0 spiro atoms. The zero-order valence-corrected chi connectivity index (χ0v) is 24.4. The van der Waals surface area contributed by atoms with Crippen LogP contribution < -0.4 is 19.5 Å². The van der Waals surface area contributed by atoms with Gasteiger partial charge in [-0.25, -0.2) is 0 Å². The van der Waals surface area contributed by atoms with E-state index in [9.17, 15) is 4.79 Å². The van der Waals surface area contributed by atoms with Crippen LogP contribution in [0, 0.1) is 20.8 Å². The Kier molecular flexibility index (Phi) is 7.75. The van der Waals surface area contributed by atoms with Gasteiger partial charge in [0, 0.05) is 5.56 Å². The Balaban J connectivity index is 1.27. The molecule has 208 valence electrons. The molecule has 0 unspecified atom stereocenters. The summed E-state index contributed by atoms with van der Waals surface area (Å²) in [7, 11) is 1.67. The molecule has 0 aromatic heterocycles. The van der Waals surface area contributed by atoms with Gasteiger partial charge < -0.3 is 19.5 Å². The quantitative estimate of drug-likeness (QED) is 0.255. The molecule has 5 nitrogen and oxygen atoms in total. The smallest absolute Gasteiger partial charge is 0.227 e. The number of benzene rings is 4. The van der Waals surface area contributed by atoms with Gasteiger partial charge in [0.1, 0.15) is 29.5 Å². The third-order valence-corrected chi connectivity index (χ3v) is 8.39. The lowest BCUT2D eigenvalue weighted by molar-refractivity contribution is -0.123. The highest BCUT2D eigenvalue weighted by atomic mass is 16.5. The molecule has 0 fully saturated rings. The van der Waals surface area contributed by atoms with Crippen LogP contribution in [-0.2, 0) is 17.8 Å². The van der Waals surface area contributed by atoms with Gasteiger partial charge in [0.25, 0.3) is 0 Å². The summed E-state index contributed by atoms with van der Waals surface area (Å²) in [6, 6.07) is 22.4. The van der Waals surface area contributed by atoms with Gasteiger partial charge in [-0.3, -0.25) is 4.79 Å². The van der Waals surface area contributed by atoms with Gasteiger partial charge in [-0.05, 0) is 98.2 Å². The number of hydrogen-bond donors (Lipinski definition) is 1. The Bertz CT molecular complexity index is 1540. The van der Waals surface area contributed by atoms with Gasteiger partial charge in [-0.1, -0.05) is 54.6 Å². The molecule has 0 aliphatic carbocycles. The van der Waals surface area contributed by atoms with Crippen LogP contribution in [0.25, 0.3) is 10.8 Å². The van der Waals surface area contributed by atoms with E-state index in [1.54, 1.807) is 7.11 Å². The highest BCUT2D eigenvalue weighted by Gasteiger charge is 2.35. The molecule has 1 heterocycles. The van der Waals surface area contributed by atoms with Crippen LogP contribution in [0.2, 0.25) is 0 Å². The van der Waals surface area contributed by atoms with E-state index in [-0.39, 0.29) is 11.8 Å². The SMILES string of the molecule is COc1ccc2cc([C@H](C)C(=O)NC[C@]3(C)CCc4c(C)c(OCc5ccccc5)c(C)c(C)c4O3)ccc2c1. The van der Waals surface area contributed by atoms with E-state index in [0.717, 1.165) is 68.7 Å². The minimum absolute atomic E-state index is 0.00257. The number of carbonyl (C=O) groups excluding carboxylic acids is 1. The van der Waals surface area contributed by atoms with Gasteiger partial charge in [0.05, 0.1) is 19.6 Å². The van der Waals surface area contributed by atoms with Gasteiger partial charge in [0.2, 0.25) is 5.91 Å². The van der Waals surface area contributed by atoms with E-state index >= 15 is 0 Å². The second kappa shape index (κ2) is 11.2. The maximum Gasteiger partial charge on any atom is 0.227 e. The number of nitrogens with one attached hydrogen (secondary N) is 1. The van der Waals surface area contributed by atoms with Gasteiger partial charge in [-0.15, -0.1) is 0 Å². The number of fused-ring (bicyclic) bond motifs is 2. The van der Waals surface area contributed by atoms with Crippen LogP contribution in [0.15, 0.2) is 66.7 Å². The van der Waals surface area contributed by atoms with Crippen molar-refractivity contribution in [3.8, 4) is 17.2 Å². The monoisotopic (exact) mass is 537 g/mol. The van der Waals surface area contributed by atoms with E-state index < -0.39 is 5.60 Å². The maximum atomic E-state index is 13.2. The number of rotatable bonds is 8. The van der Waals surface area contributed by atoms with Crippen LogP contribution in [-0.4, -0.2) is 25.2 Å². The van der Waals surface area contributed by atoms with Crippen LogP contribution in [0.4, 0.5) is 0 Å². The van der Waals surface area contributed by atoms with Crippen molar-refractivity contribution in [2.45, 2.75) is 65.6 Å². The molecule has 40 heavy (non-hydrogen) atoms. The summed E-state index contributed by atoms with van der Waals surface area (Å²) >= 11 is 0. The first-order chi connectivity index (χ1) is 19.2. The van der Waals surface area contributed by atoms with Gasteiger partial charge in [0.15, 0.2) is 0 Å². The lowest BCUT2D eigenvalue weighted by Crippen LogP contribution is -2.48. The molecule has 1 amide bonds. The lowest BCUT2D eigenvalue weighted by Gasteiger charge is -2.38. The Morgan fingerprint density at radius 3 is 2.45 bits per heavy atom. The Labute approximate surface area is 237 Å². The predicted octanol–water partition coefficient (Wildman–Crippen LogP) is 7.36. The van der Waals surface area contributed by atoms with Crippen molar-refractivity contribution in [1.29, 1.82) is 0 Å². The van der Waals surface area contributed by atoms with Crippen LogP contribution in [0.3, 0.4) is 0 Å². The summed E-state index contributed by atoms with van der Waals surface area (Å²) in [5.74, 6) is 2.43. The minimum Gasteiger partial charge on any atom is -0.497 e. The summed E-state index contributed by atoms with van der Waals surface area (Å²) in [5, 5.41) is 5.36. The first-order valence-corrected chi connectivity index (χ1v) is 14.0. The van der Waals surface area contributed by atoms with Crippen LogP contribution in [0.5, 0.6) is 17.2 Å². The summed E-state index contributed by atoms with van der Waals surface area (Å²) in [5.41, 5.74) is 6.19. The average molecular weight is 538 g/mol. The number of carbonyl (C=O) groups is 1. The molecule has 0 saturated heterocycles. The first kappa shape index (κ1) is 27.6. The molecule has 4 aromatic carbocycles. The number of methoxy groups -OCH3 is 1. The molecule has 0 saturated carbocycles. The summed E-state index contributed by atoms with van der Waals surface area (Å²) in [6.07, 6.45) is 1.69. The summed E-state index contributed by atoms with van der Waals surface area (Å²) in [4.78, 5) is 13.2. The standard InChI is InChI=1S/C35H39NO4/c1-22-23(2)33-31(25(4)32(22)39-20-26-10-8-7-9-11-26)16-17-35(5,40-33)21-36-34(37)24(3)27-12-13-29-19-30(38-6)15-14-28(29)18-27/h7-15,18-19,24H,16-17,20-21H2,1-6H3,(H,36,37)/t24-,35-/m0/s1. The summed E-state index contributed by atoms with van der Waals surface area (Å²) in [6.45, 7) is 11.4. The van der Waals surface area contributed by atoms with E-state index in [1.807, 2.05) is 55.5 Å². The molecular formula is C35H39NO4. The van der Waals surface area contributed by atoms with Crippen molar-refractivity contribution in [3.05, 3.63) is 100 Å². The number of amides is 1. The predicted molar refractivity (Wildman–Crippen MR) is 161 cm³/mol. The molecule has 4 aromatic rings. The Hall–Kier alpha value is -3.99. The van der Waals surface area contributed by atoms with E-state index in [4.69, 9.17) is 14.2 Å². The molecule has 0 radical (unpaired) electrons. The molecular weight excluding hydrogens is 498 g/mol. The highest BCUT2D eigenvalue weighted by Crippen LogP contribution is 2.44. The van der Waals surface area contributed by atoms with Crippen LogP contribution >= 0.6 is 0 Å². The van der Waals surface area contributed by atoms with E-state index in [1.165, 1.54) is 5.56 Å². The molecule has 5 heteroatoms. The minimum atomic E-state index is -0.488. The first-order valence-electron chi connectivity index (χ1n) is 14.0. The molecule has 1 aliphatic rings. The fourth-order valence-corrected chi connectivity index (χ4v) is 5.57. The number of ether oxygens (including phenoxy) is 3. The van der Waals surface area contributed by atoms with Crippen molar-refractivity contribution < 1.29 is 19.0 Å². The fourth-order valence-electron chi connectivity index (χ4n) is 5.57. The third-order valence-electron chi connectivity index (χ3n) is 8.39. The topological polar surface area (TPSA) is 56.8 Å². The molecule has 1 aliphatic heterocycles. The largest absolute Gasteiger partial charge is 0.497 e. The number of hydrogen-bond acceptors (Lipinski definition) is 4. The van der Waals surface area contributed by atoms with Crippen molar-refractivity contribution >= 4 is 16.7 Å². The van der Waals surface area contributed by atoms with E-state index in [0.29, 0.717) is 13.2 Å². The third kappa shape index (κ3) is 5.51. The average Bonchev–Trinajstić information content (AvgIpc) is 2.98. The maximum absolute atomic E-state index is 13.2. The second-order valence-electron chi connectivity index (χ2n) is 11.3. The van der Waals surface area contributed by atoms with Crippen molar-refractivity contribution in [3.63, 3.8) is 0 Å². The van der Waals surface area contributed by atoms with E-state index in [2.05, 4.69) is 51.2 Å². The van der Waals surface area contributed by atoms with Crippen molar-refractivity contribution in [2.24, 2.45) is 0 Å². The normalized spacial score (nSPS) is 17.1. The Morgan fingerprint density at radius 2 is 1.70 bits per heavy atom. The lowest BCUT2D eigenvalue weighted by atomic mass is 9.87. The molecule has 2 atom stereocenters. The van der Waals surface area contributed by atoms with Crippen molar-refractivity contribution in [1.82, 2.24) is 5.32 Å². The van der Waals surface area contributed by atoms with Gasteiger partial charge >= 0.3 is 0 Å². The summed E-state index contributed by atoms with van der Waals surface area (Å²) < 4.78 is 18.3. The van der Waals surface area contributed by atoms with Crippen LogP contribution in [0.1, 0.15) is 59.6 Å². The zero-order chi connectivity index (χ0) is 28.4. The second-order valence-corrected chi connectivity index (χ2v) is 11.3. The highest BCUT2D eigenvalue weighted by molar-refractivity contribution is 5.88. The van der Waals surface area contributed by atoms with Crippen molar-refractivity contribution in [2.75, 3.05) is 13.7 Å². The Morgan fingerprint density at radius 1 is 0.975 bits per heavy atom.